The van der Waals surface area contributed by atoms with E-state index in [1.165, 1.54) is 0 Å². The zero-order chi connectivity index (χ0) is 8.81. The molecule has 13 heavy (non-hydrogen) atoms. The Morgan fingerprint density at radius 2 is 2.46 bits per heavy atom. The molecule has 2 nitrogen and oxygen atoms in total. The van der Waals surface area contributed by atoms with Gasteiger partial charge in [-0.15, -0.1) is 12.4 Å². The third-order valence-electron chi connectivity index (χ3n) is 1.41. The van der Waals surface area contributed by atoms with E-state index >= 15 is 0 Å². The molecular weight excluding hydrogens is 209 g/mol. The highest BCUT2D eigenvalue weighted by Crippen LogP contribution is 1.99. The maximum absolute atomic E-state index is 5.64. The average molecular weight is 222 g/mol. The summed E-state index contributed by atoms with van der Waals surface area (Å²) >= 11 is 5.64. The van der Waals surface area contributed by atoms with Crippen LogP contribution in [0.1, 0.15) is 12.7 Å². The molecule has 0 saturated carbocycles. The second-order valence-electron chi connectivity index (χ2n) is 2.50. The molecule has 0 saturated heterocycles. The van der Waals surface area contributed by atoms with Crippen LogP contribution >= 0.6 is 24.0 Å². The van der Waals surface area contributed by atoms with E-state index in [0.717, 1.165) is 23.9 Å². The van der Waals surface area contributed by atoms with Crippen molar-refractivity contribution in [1.82, 2.24) is 5.32 Å². The van der Waals surface area contributed by atoms with Gasteiger partial charge in [-0.3, -0.25) is 0 Å². The highest BCUT2D eigenvalue weighted by Gasteiger charge is 1.91. The highest BCUT2D eigenvalue weighted by molar-refractivity contribution is 6.29. The van der Waals surface area contributed by atoms with Crippen LogP contribution in [0.15, 0.2) is 33.9 Å². The molecule has 0 aliphatic rings. The Labute approximate surface area is 89.4 Å². The van der Waals surface area contributed by atoms with E-state index in [-0.39, 0.29) is 12.4 Å². The van der Waals surface area contributed by atoms with Crippen LogP contribution in [0.4, 0.5) is 0 Å². The molecule has 1 heterocycles. The van der Waals surface area contributed by atoms with Crippen LogP contribution in [-0.4, -0.2) is 6.54 Å². The molecule has 0 aliphatic carbocycles. The molecule has 0 fully saturated rings. The van der Waals surface area contributed by atoms with Gasteiger partial charge in [0, 0.05) is 11.6 Å². The molecule has 1 rings (SSSR count). The minimum absolute atomic E-state index is 0. The SMILES string of the molecule is C/C(Cl)=C/CNCc1ccco1.Cl. The fraction of sp³-hybridized carbons (Fsp3) is 0.333. The van der Waals surface area contributed by atoms with Crippen molar-refractivity contribution in [3.63, 3.8) is 0 Å². The molecule has 0 aliphatic heterocycles. The molecule has 0 aromatic carbocycles. The first-order valence-corrected chi connectivity index (χ1v) is 4.22. The van der Waals surface area contributed by atoms with Crippen LogP contribution < -0.4 is 5.32 Å². The molecule has 1 aromatic rings. The molecule has 1 aromatic heterocycles. The van der Waals surface area contributed by atoms with E-state index in [1.807, 2.05) is 25.1 Å². The van der Waals surface area contributed by atoms with Gasteiger partial charge in [-0.05, 0) is 19.1 Å². The second kappa shape index (κ2) is 7.01. The van der Waals surface area contributed by atoms with Gasteiger partial charge in [0.15, 0.2) is 0 Å². The van der Waals surface area contributed by atoms with Crippen molar-refractivity contribution in [3.05, 3.63) is 35.3 Å². The normalized spacial score (nSPS) is 11.1. The Bertz CT molecular complexity index is 240. The van der Waals surface area contributed by atoms with Gasteiger partial charge in [0.25, 0.3) is 0 Å². The quantitative estimate of drug-likeness (QED) is 0.792. The van der Waals surface area contributed by atoms with Gasteiger partial charge in [0.1, 0.15) is 5.76 Å². The van der Waals surface area contributed by atoms with Gasteiger partial charge in [0.05, 0.1) is 12.8 Å². The Hall–Kier alpha value is -0.440. The number of hydrogen-bond donors (Lipinski definition) is 1. The van der Waals surface area contributed by atoms with Crippen molar-refractivity contribution in [2.45, 2.75) is 13.5 Å². The van der Waals surface area contributed by atoms with Crippen molar-refractivity contribution in [2.24, 2.45) is 0 Å². The summed E-state index contributed by atoms with van der Waals surface area (Å²) in [5, 5.41) is 3.97. The topological polar surface area (TPSA) is 25.2 Å². The fourth-order valence-corrected chi connectivity index (χ4v) is 0.898. The molecular formula is C9H13Cl2NO. The molecule has 0 unspecified atom stereocenters. The van der Waals surface area contributed by atoms with E-state index in [0.29, 0.717) is 0 Å². The third-order valence-corrected chi connectivity index (χ3v) is 1.56. The minimum Gasteiger partial charge on any atom is -0.468 e. The molecule has 0 atom stereocenters. The number of hydrogen-bond acceptors (Lipinski definition) is 2. The standard InChI is InChI=1S/C9H12ClNO.ClH/c1-8(10)4-5-11-7-9-3-2-6-12-9;/h2-4,6,11H,5,7H2,1H3;1H/b8-4-;. The van der Waals surface area contributed by atoms with Crippen molar-refractivity contribution in [3.8, 4) is 0 Å². The Balaban J connectivity index is 0.00000144. The van der Waals surface area contributed by atoms with Crippen molar-refractivity contribution >= 4 is 24.0 Å². The first kappa shape index (κ1) is 12.6. The van der Waals surface area contributed by atoms with E-state index in [1.54, 1.807) is 6.26 Å². The summed E-state index contributed by atoms with van der Waals surface area (Å²) < 4.78 is 5.12. The molecule has 0 spiro atoms. The minimum atomic E-state index is 0. The molecule has 4 heteroatoms. The van der Waals surface area contributed by atoms with Crippen LogP contribution in [0.5, 0.6) is 0 Å². The number of allylic oxidation sites excluding steroid dienone is 1. The van der Waals surface area contributed by atoms with Crippen molar-refractivity contribution < 1.29 is 4.42 Å². The van der Waals surface area contributed by atoms with Crippen LogP contribution in [0.3, 0.4) is 0 Å². The van der Waals surface area contributed by atoms with Gasteiger partial charge in [-0.2, -0.15) is 0 Å². The van der Waals surface area contributed by atoms with Crippen LogP contribution in [0.2, 0.25) is 0 Å². The molecule has 0 radical (unpaired) electrons. The largest absolute Gasteiger partial charge is 0.468 e. The van der Waals surface area contributed by atoms with Crippen LogP contribution in [0.25, 0.3) is 0 Å². The van der Waals surface area contributed by atoms with Crippen LogP contribution in [0, 0.1) is 0 Å². The summed E-state index contributed by atoms with van der Waals surface area (Å²) in [6.07, 6.45) is 3.59. The first-order valence-electron chi connectivity index (χ1n) is 3.84. The van der Waals surface area contributed by atoms with Gasteiger partial charge in [0.2, 0.25) is 0 Å². The van der Waals surface area contributed by atoms with Gasteiger partial charge < -0.3 is 9.73 Å². The van der Waals surface area contributed by atoms with Gasteiger partial charge >= 0.3 is 0 Å². The lowest BCUT2D eigenvalue weighted by molar-refractivity contribution is 0.490. The van der Waals surface area contributed by atoms with E-state index in [2.05, 4.69) is 5.32 Å². The Morgan fingerprint density at radius 3 is 3.00 bits per heavy atom. The maximum atomic E-state index is 5.64. The summed E-state index contributed by atoms with van der Waals surface area (Å²) in [7, 11) is 0. The molecule has 1 N–H and O–H groups in total. The number of furan rings is 1. The summed E-state index contributed by atoms with van der Waals surface area (Å²) in [5.41, 5.74) is 0. The van der Waals surface area contributed by atoms with Crippen molar-refractivity contribution in [2.75, 3.05) is 6.54 Å². The van der Waals surface area contributed by atoms with Gasteiger partial charge in [-0.25, -0.2) is 0 Å². The summed E-state index contributed by atoms with van der Waals surface area (Å²) in [5.74, 6) is 0.940. The Kier molecular flexibility index (Phi) is 6.77. The zero-order valence-electron chi connectivity index (χ0n) is 7.42. The van der Waals surface area contributed by atoms with Crippen molar-refractivity contribution in [1.29, 1.82) is 0 Å². The molecule has 0 amide bonds. The number of halogens is 2. The Morgan fingerprint density at radius 1 is 1.69 bits per heavy atom. The lowest BCUT2D eigenvalue weighted by Crippen LogP contribution is -2.12. The van der Waals surface area contributed by atoms with E-state index in [9.17, 15) is 0 Å². The number of nitrogens with one attached hydrogen (secondary N) is 1. The predicted molar refractivity (Wildman–Crippen MR) is 57.3 cm³/mol. The van der Waals surface area contributed by atoms with E-state index < -0.39 is 0 Å². The maximum Gasteiger partial charge on any atom is 0.117 e. The molecule has 74 valence electrons. The molecule has 0 bridgehead atoms. The summed E-state index contributed by atoms with van der Waals surface area (Å²) in [4.78, 5) is 0. The van der Waals surface area contributed by atoms with Gasteiger partial charge in [-0.1, -0.05) is 17.7 Å². The predicted octanol–water partition coefficient (Wildman–Crippen LogP) is 2.93. The lowest BCUT2D eigenvalue weighted by atomic mass is 10.4. The second-order valence-corrected chi connectivity index (χ2v) is 3.10. The summed E-state index contributed by atoms with van der Waals surface area (Å²) in [6, 6.07) is 3.81. The average Bonchev–Trinajstić information content (AvgIpc) is 2.49. The van der Waals surface area contributed by atoms with Crippen LogP contribution in [-0.2, 0) is 6.54 Å². The monoisotopic (exact) mass is 221 g/mol. The first-order chi connectivity index (χ1) is 5.79. The zero-order valence-corrected chi connectivity index (χ0v) is 8.99. The third kappa shape index (κ3) is 5.75. The highest BCUT2D eigenvalue weighted by atomic mass is 35.5. The summed E-state index contributed by atoms with van der Waals surface area (Å²) in [6.45, 7) is 3.37. The van der Waals surface area contributed by atoms with E-state index in [4.69, 9.17) is 16.0 Å². The smallest absolute Gasteiger partial charge is 0.117 e. The fourth-order valence-electron chi connectivity index (χ4n) is 0.821. The lowest BCUT2D eigenvalue weighted by Gasteiger charge is -1.97. The number of rotatable bonds is 4.